The molecule has 0 spiro atoms. The zero-order valence-electron chi connectivity index (χ0n) is 11.3. The summed E-state index contributed by atoms with van der Waals surface area (Å²) in [5, 5.41) is 3.52. The highest BCUT2D eigenvalue weighted by molar-refractivity contribution is 7.81. The number of halogens is 1. The van der Waals surface area contributed by atoms with Crippen LogP contribution in [0.2, 0.25) is 5.15 Å². The first-order valence-electron chi connectivity index (χ1n) is 6.18. The number of rotatable bonds is 3. The highest BCUT2D eigenvalue weighted by Crippen LogP contribution is 2.30. The van der Waals surface area contributed by atoms with E-state index in [2.05, 4.69) is 37.8 Å². The van der Waals surface area contributed by atoms with Crippen LogP contribution in [0.1, 0.15) is 6.92 Å². The maximum absolute atomic E-state index is 11.1. The number of pyridine rings is 2. The monoisotopic (exact) mass is 351 g/mol. The van der Waals surface area contributed by atoms with E-state index in [1.165, 1.54) is 18.3 Å². The third kappa shape index (κ3) is 2.99. The van der Waals surface area contributed by atoms with Crippen molar-refractivity contribution in [1.29, 1.82) is 0 Å². The fourth-order valence-corrected chi connectivity index (χ4v) is 3.12. The molecule has 0 aromatic carbocycles. The second kappa shape index (κ2) is 6.07. The van der Waals surface area contributed by atoms with Crippen molar-refractivity contribution in [3.05, 3.63) is 29.5 Å². The number of anilines is 2. The number of amides is 1. The summed E-state index contributed by atoms with van der Waals surface area (Å²) in [6, 6.07) is 5.50. The first-order valence-corrected chi connectivity index (χ1v) is 7.82. The predicted octanol–water partition coefficient (Wildman–Crippen LogP) is 3.62. The summed E-state index contributed by atoms with van der Waals surface area (Å²) < 4.78 is 2.68. The molecule has 0 aliphatic rings. The Labute approximate surface area is 140 Å². The summed E-state index contributed by atoms with van der Waals surface area (Å²) in [5.41, 5.74) is 2.87. The molecule has 0 radical (unpaired) electrons. The van der Waals surface area contributed by atoms with E-state index >= 15 is 0 Å². The lowest BCUT2D eigenvalue weighted by atomic mass is 10.2. The Bertz CT molecular complexity index is 867. The molecule has 3 rings (SSSR count). The number of carbonyl (C=O) groups is 1. The normalized spacial score (nSPS) is 10.7. The average molecular weight is 352 g/mol. The van der Waals surface area contributed by atoms with Crippen LogP contribution < -0.4 is 10.0 Å². The number of nitrogens with one attached hydrogen (secondary N) is 2. The fraction of sp³-hybridized carbons (Fsp3) is 0.0769. The maximum atomic E-state index is 11.1. The maximum Gasteiger partial charge on any atom is 0.223 e. The molecule has 3 heterocycles. The Kier molecular flexibility index (Phi) is 4.14. The van der Waals surface area contributed by atoms with Crippen molar-refractivity contribution in [2.75, 3.05) is 10.0 Å². The molecule has 3 aromatic rings. The molecule has 2 N–H and O–H groups in total. The quantitative estimate of drug-likeness (QED) is 0.496. The summed E-state index contributed by atoms with van der Waals surface area (Å²) >= 11 is 11.2. The minimum Gasteiger partial charge on any atom is -0.330 e. The second-order valence-electron chi connectivity index (χ2n) is 4.40. The van der Waals surface area contributed by atoms with Crippen molar-refractivity contribution < 1.29 is 4.79 Å². The van der Waals surface area contributed by atoms with Gasteiger partial charge in [0.15, 0.2) is 10.3 Å². The van der Waals surface area contributed by atoms with Crippen LogP contribution in [0.15, 0.2) is 24.4 Å². The van der Waals surface area contributed by atoms with E-state index in [9.17, 15) is 4.79 Å². The largest absolute Gasteiger partial charge is 0.330 e. The Morgan fingerprint density at radius 3 is 2.91 bits per heavy atom. The smallest absolute Gasteiger partial charge is 0.223 e. The molecule has 22 heavy (non-hydrogen) atoms. The van der Waals surface area contributed by atoms with Crippen molar-refractivity contribution in [2.45, 2.75) is 6.92 Å². The van der Waals surface area contributed by atoms with Crippen LogP contribution in [0.4, 0.5) is 10.8 Å². The highest BCUT2D eigenvalue weighted by atomic mass is 35.5. The Balaban J connectivity index is 2.02. The first-order chi connectivity index (χ1) is 10.6. The number of fused-ring (bicyclic) bond motifs is 1. The molecule has 112 valence electrons. The lowest BCUT2D eigenvalue weighted by Gasteiger charge is -2.05. The first kappa shape index (κ1) is 15.0. The van der Waals surface area contributed by atoms with E-state index in [4.69, 9.17) is 11.6 Å². The van der Waals surface area contributed by atoms with Crippen molar-refractivity contribution in [1.82, 2.24) is 15.0 Å². The molecule has 9 heteroatoms. The van der Waals surface area contributed by atoms with Crippen LogP contribution in [0.5, 0.6) is 0 Å². The Hall–Kier alpha value is -1.90. The third-order valence-electron chi connectivity index (χ3n) is 2.79. The van der Waals surface area contributed by atoms with Crippen LogP contribution in [0.25, 0.3) is 21.6 Å². The van der Waals surface area contributed by atoms with Gasteiger partial charge in [-0.2, -0.15) is 0 Å². The topological polar surface area (TPSA) is 79.8 Å². The van der Waals surface area contributed by atoms with Gasteiger partial charge < -0.3 is 10.0 Å². The van der Waals surface area contributed by atoms with Crippen molar-refractivity contribution in [3.63, 3.8) is 0 Å². The molecule has 6 nitrogen and oxygen atoms in total. The van der Waals surface area contributed by atoms with Crippen LogP contribution in [-0.2, 0) is 4.79 Å². The van der Waals surface area contributed by atoms with Crippen molar-refractivity contribution in [3.8, 4) is 11.3 Å². The van der Waals surface area contributed by atoms with E-state index in [1.54, 1.807) is 6.20 Å². The van der Waals surface area contributed by atoms with Gasteiger partial charge >= 0.3 is 0 Å². The van der Waals surface area contributed by atoms with Gasteiger partial charge in [0, 0.05) is 18.7 Å². The molecule has 0 aliphatic heterocycles. The average Bonchev–Trinajstić information content (AvgIpc) is 2.88. The van der Waals surface area contributed by atoms with Gasteiger partial charge in [-0.05, 0) is 18.2 Å². The van der Waals surface area contributed by atoms with E-state index in [0.717, 1.165) is 21.6 Å². The molecular formula is C13H10ClN5OS2. The summed E-state index contributed by atoms with van der Waals surface area (Å²) in [7, 11) is 0. The molecule has 0 atom stereocenters. The van der Waals surface area contributed by atoms with Gasteiger partial charge in [0.05, 0.1) is 11.4 Å². The lowest BCUT2D eigenvalue weighted by Crippen LogP contribution is -2.04. The van der Waals surface area contributed by atoms with Crippen LogP contribution in [-0.4, -0.2) is 20.9 Å². The minimum absolute atomic E-state index is 0.161. The molecule has 1 amide bonds. The van der Waals surface area contributed by atoms with Gasteiger partial charge in [0.25, 0.3) is 0 Å². The molecule has 0 saturated carbocycles. The van der Waals surface area contributed by atoms with Gasteiger partial charge in [0.1, 0.15) is 10.3 Å². The Morgan fingerprint density at radius 2 is 2.18 bits per heavy atom. The van der Waals surface area contributed by atoms with E-state index < -0.39 is 0 Å². The van der Waals surface area contributed by atoms with Gasteiger partial charge in [-0.15, -0.1) is 0 Å². The lowest BCUT2D eigenvalue weighted by molar-refractivity contribution is -0.114. The number of aromatic nitrogens is 3. The molecule has 0 saturated heterocycles. The van der Waals surface area contributed by atoms with Gasteiger partial charge in [0.2, 0.25) is 5.91 Å². The molecular weight excluding hydrogens is 342 g/mol. The molecule has 3 aromatic heterocycles. The highest BCUT2D eigenvalue weighted by Gasteiger charge is 2.10. The standard InChI is InChI=1S/C13H10ClN5OS2/c1-6(20)16-13-18-9-3-2-8(17-12(9)22-13)7-4-10(19-21)11(14)15-5-7/h2-5,19,21H,1H3,(H,16,18,20). The van der Waals surface area contributed by atoms with E-state index in [0.29, 0.717) is 16.0 Å². The van der Waals surface area contributed by atoms with Crippen molar-refractivity contribution in [2.24, 2.45) is 0 Å². The SMILES string of the molecule is CC(=O)Nc1nc2ccc(-c3cnc(Cl)c(NS)c3)nc2s1. The van der Waals surface area contributed by atoms with Crippen LogP contribution in [0.3, 0.4) is 0 Å². The van der Waals surface area contributed by atoms with E-state index in [-0.39, 0.29) is 5.91 Å². The molecule has 0 aliphatic carbocycles. The number of hydrogen-bond donors (Lipinski definition) is 3. The number of carbonyl (C=O) groups excluding carboxylic acids is 1. The zero-order valence-corrected chi connectivity index (χ0v) is 13.8. The van der Waals surface area contributed by atoms with Gasteiger partial charge in [-0.25, -0.2) is 15.0 Å². The number of nitrogens with zero attached hydrogens (tertiary/aromatic N) is 3. The summed E-state index contributed by atoms with van der Waals surface area (Å²) in [6.07, 6.45) is 1.64. The summed E-state index contributed by atoms with van der Waals surface area (Å²) in [4.78, 5) is 24.8. The summed E-state index contributed by atoms with van der Waals surface area (Å²) in [6.45, 7) is 1.44. The van der Waals surface area contributed by atoms with Crippen LogP contribution >= 0.6 is 35.8 Å². The predicted molar refractivity (Wildman–Crippen MR) is 92.6 cm³/mol. The Morgan fingerprint density at radius 1 is 1.36 bits per heavy atom. The molecule has 0 unspecified atom stereocenters. The fourth-order valence-electron chi connectivity index (χ4n) is 1.85. The van der Waals surface area contributed by atoms with E-state index in [1.807, 2.05) is 18.2 Å². The number of hydrogen-bond acceptors (Lipinski definition) is 7. The number of thiol groups is 1. The molecule has 0 fully saturated rings. The second-order valence-corrected chi connectivity index (χ2v) is 5.95. The zero-order chi connectivity index (χ0) is 15.7. The minimum atomic E-state index is -0.161. The third-order valence-corrected chi connectivity index (χ3v) is 4.22. The van der Waals surface area contributed by atoms with Crippen LogP contribution in [0, 0.1) is 0 Å². The van der Waals surface area contributed by atoms with Gasteiger partial charge in [-0.3, -0.25) is 4.79 Å². The molecule has 0 bridgehead atoms. The van der Waals surface area contributed by atoms with Gasteiger partial charge in [-0.1, -0.05) is 35.8 Å². The van der Waals surface area contributed by atoms with Crippen molar-refractivity contribution >= 4 is 62.8 Å². The summed E-state index contributed by atoms with van der Waals surface area (Å²) in [5.74, 6) is -0.161. The number of thiazole rings is 1.